The van der Waals surface area contributed by atoms with Gasteiger partial charge in [-0.2, -0.15) is 0 Å². The standard InChI is InChI=1S/C13H17FS.C2H6/c1-2-13(8-3-9-13)15-12-6-4-11(10-14)5-7-12;1-2/h4-7H,2-3,8-10H2,1H3;1-2H3. The predicted molar refractivity (Wildman–Crippen MR) is 75.3 cm³/mol. The summed E-state index contributed by atoms with van der Waals surface area (Å²) in [6.45, 7) is 5.91. The molecule has 0 heterocycles. The monoisotopic (exact) mass is 254 g/mol. The van der Waals surface area contributed by atoms with Crippen LogP contribution in [0.5, 0.6) is 0 Å². The summed E-state index contributed by atoms with van der Waals surface area (Å²) < 4.78 is 12.8. The van der Waals surface area contributed by atoms with Gasteiger partial charge in [0.2, 0.25) is 0 Å². The number of rotatable bonds is 4. The largest absolute Gasteiger partial charge is 0.246 e. The van der Waals surface area contributed by atoms with Gasteiger partial charge in [0.15, 0.2) is 0 Å². The maximum Gasteiger partial charge on any atom is 0.115 e. The second-order valence-corrected chi connectivity index (χ2v) is 5.81. The number of benzene rings is 1. The minimum absolute atomic E-state index is 0.357. The van der Waals surface area contributed by atoms with Gasteiger partial charge in [0, 0.05) is 9.64 Å². The van der Waals surface area contributed by atoms with Gasteiger partial charge >= 0.3 is 0 Å². The predicted octanol–water partition coefficient (Wildman–Crippen LogP) is 5.61. The molecule has 0 amide bonds. The molecular formula is C15H23FS. The van der Waals surface area contributed by atoms with Crippen molar-refractivity contribution in [1.82, 2.24) is 0 Å². The van der Waals surface area contributed by atoms with Gasteiger partial charge in [0.25, 0.3) is 0 Å². The third-order valence-corrected chi connectivity index (χ3v) is 4.96. The number of halogens is 1. The van der Waals surface area contributed by atoms with Crippen molar-refractivity contribution in [2.24, 2.45) is 0 Å². The summed E-state index contributed by atoms with van der Waals surface area (Å²) in [6, 6.07) is 7.89. The van der Waals surface area contributed by atoms with Crippen LogP contribution in [-0.4, -0.2) is 4.75 Å². The van der Waals surface area contributed by atoms with Crippen LogP contribution in [0.1, 0.15) is 52.0 Å². The van der Waals surface area contributed by atoms with E-state index in [1.165, 1.54) is 30.6 Å². The first-order valence-corrected chi connectivity index (χ1v) is 7.43. The number of thioether (sulfide) groups is 1. The third-order valence-electron chi connectivity index (χ3n) is 3.32. The van der Waals surface area contributed by atoms with Crippen LogP contribution >= 0.6 is 11.8 Å². The smallest absolute Gasteiger partial charge is 0.115 e. The van der Waals surface area contributed by atoms with Crippen LogP contribution in [0.25, 0.3) is 0 Å². The molecule has 2 heteroatoms. The van der Waals surface area contributed by atoms with Gasteiger partial charge in [0.05, 0.1) is 0 Å². The van der Waals surface area contributed by atoms with Crippen LogP contribution in [0.4, 0.5) is 4.39 Å². The normalized spacial score (nSPS) is 16.7. The Morgan fingerprint density at radius 1 is 1.18 bits per heavy atom. The molecule has 0 spiro atoms. The molecule has 0 N–H and O–H groups in total. The third kappa shape index (κ3) is 3.74. The highest BCUT2D eigenvalue weighted by atomic mass is 32.2. The van der Waals surface area contributed by atoms with Gasteiger partial charge in [-0.1, -0.05) is 39.3 Å². The van der Waals surface area contributed by atoms with Gasteiger partial charge in [-0.15, -0.1) is 11.8 Å². The second kappa shape index (κ2) is 7.05. The molecular weight excluding hydrogens is 231 g/mol. The highest BCUT2D eigenvalue weighted by molar-refractivity contribution is 8.00. The van der Waals surface area contributed by atoms with E-state index in [2.05, 4.69) is 19.1 Å². The van der Waals surface area contributed by atoms with Gasteiger partial charge < -0.3 is 0 Å². The molecule has 0 aromatic heterocycles. The fraction of sp³-hybridized carbons (Fsp3) is 0.600. The summed E-state index contributed by atoms with van der Waals surface area (Å²) in [7, 11) is 0. The average molecular weight is 254 g/mol. The zero-order valence-electron chi connectivity index (χ0n) is 11.1. The van der Waals surface area contributed by atoms with Crippen molar-refractivity contribution in [3.05, 3.63) is 29.8 Å². The first-order chi connectivity index (χ1) is 8.28. The van der Waals surface area contributed by atoms with E-state index in [0.29, 0.717) is 4.75 Å². The summed E-state index contributed by atoms with van der Waals surface area (Å²) in [5.41, 5.74) is 0.776. The van der Waals surface area contributed by atoms with Gasteiger partial charge in [-0.25, -0.2) is 4.39 Å². The fourth-order valence-corrected chi connectivity index (χ4v) is 3.40. The quantitative estimate of drug-likeness (QED) is 0.673. The van der Waals surface area contributed by atoms with Crippen LogP contribution in [-0.2, 0) is 6.67 Å². The lowest BCUT2D eigenvalue weighted by molar-refractivity contribution is 0.353. The lowest BCUT2D eigenvalue weighted by Crippen LogP contribution is -2.32. The molecule has 1 fully saturated rings. The first kappa shape index (κ1) is 14.6. The van der Waals surface area contributed by atoms with Crippen molar-refractivity contribution in [3.8, 4) is 0 Å². The first-order valence-electron chi connectivity index (χ1n) is 6.62. The van der Waals surface area contributed by atoms with Crippen molar-refractivity contribution >= 4 is 11.8 Å². The maximum atomic E-state index is 12.3. The van der Waals surface area contributed by atoms with Gasteiger partial charge in [-0.3, -0.25) is 0 Å². The minimum Gasteiger partial charge on any atom is -0.246 e. The lowest BCUT2D eigenvalue weighted by Gasteiger charge is -2.40. The molecule has 0 saturated heterocycles. The molecule has 0 unspecified atom stereocenters. The summed E-state index contributed by atoms with van der Waals surface area (Å²) in [5.74, 6) is 0. The van der Waals surface area contributed by atoms with Crippen LogP contribution in [0.15, 0.2) is 29.2 Å². The Morgan fingerprint density at radius 3 is 2.12 bits per heavy atom. The molecule has 2 rings (SSSR count). The lowest BCUT2D eigenvalue weighted by atomic mass is 9.82. The Balaban J connectivity index is 0.000000686. The fourth-order valence-electron chi connectivity index (χ4n) is 2.00. The summed E-state index contributed by atoms with van der Waals surface area (Å²) in [4.78, 5) is 1.29. The van der Waals surface area contributed by atoms with E-state index in [4.69, 9.17) is 0 Å². The number of hydrogen-bond acceptors (Lipinski definition) is 1. The van der Waals surface area contributed by atoms with E-state index in [1.54, 1.807) is 0 Å². The van der Waals surface area contributed by atoms with Crippen molar-refractivity contribution in [3.63, 3.8) is 0 Å². The second-order valence-electron chi connectivity index (χ2n) is 4.27. The number of alkyl halides is 1. The molecule has 17 heavy (non-hydrogen) atoms. The average Bonchev–Trinajstić information content (AvgIpc) is 2.37. The molecule has 96 valence electrons. The van der Waals surface area contributed by atoms with Crippen LogP contribution in [0, 0.1) is 0 Å². The minimum atomic E-state index is -0.357. The molecule has 0 atom stereocenters. The highest BCUT2D eigenvalue weighted by Crippen LogP contribution is 2.49. The Bertz CT molecular complexity index is 309. The van der Waals surface area contributed by atoms with Gasteiger partial charge in [-0.05, 0) is 37.0 Å². The Morgan fingerprint density at radius 2 is 1.76 bits per heavy atom. The summed E-state index contributed by atoms with van der Waals surface area (Å²) >= 11 is 1.97. The molecule has 1 aromatic rings. The SMILES string of the molecule is CC.CCC1(Sc2ccc(CF)cc2)CCC1. The Labute approximate surface area is 109 Å². The molecule has 1 aromatic carbocycles. The van der Waals surface area contributed by atoms with Crippen molar-refractivity contribution in [1.29, 1.82) is 0 Å². The van der Waals surface area contributed by atoms with Gasteiger partial charge in [0.1, 0.15) is 6.67 Å². The molecule has 0 radical (unpaired) electrons. The molecule has 0 aliphatic heterocycles. The topological polar surface area (TPSA) is 0 Å². The number of hydrogen-bond donors (Lipinski definition) is 0. The molecule has 0 nitrogen and oxygen atoms in total. The Hall–Kier alpha value is -0.500. The zero-order valence-corrected chi connectivity index (χ0v) is 11.9. The van der Waals surface area contributed by atoms with E-state index in [1.807, 2.05) is 37.7 Å². The van der Waals surface area contributed by atoms with E-state index in [-0.39, 0.29) is 6.67 Å². The van der Waals surface area contributed by atoms with E-state index in [0.717, 1.165) is 5.56 Å². The summed E-state index contributed by atoms with van der Waals surface area (Å²) in [5, 5.41) is 0. The van der Waals surface area contributed by atoms with Crippen molar-refractivity contribution in [2.45, 2.75) is 62.8 Å². The zero-order chi connectivity index (χ0) is 12.7. The highest BCUT2D eigenvalue weighted by Gasteiger charge is 2.35. The molecule has 1 aliphatic rings. The van der Waals surface area contributed by atoms with Crippen molar-refractivity contribution < 1.29 is 4.39 Å². The van der Waals surface area contributed by atoms with Crippen molar-refractivity contribution in [2.75, 3.05) is 0 Å². The van der Waals surface area contributed by atoms with Crippen LogP contribution < -0.4 is 0 Å². The van der Waals surface area contributed by atoms with E-state index < -0.39 is 0 Å². The van der Waals surface area contributed by atoms with Crippen LogP contribution in [0.3, 0.4) is 0 Å². The molecule has 1 aliphatic carbocycles. The maximum absolute atomic E-state index is 12.3. The molecule has 1 saturated carbocycles. The Kier molecular flexibility index (Phi) is 6.04. The van der Waals surface area contributed by atoms with E-state index >= 15 is 0 Å². The van der Waals surface area contributed by atoms with Crippen LogP contribution in [0.2, 0.25) is 0 Å². The molecule has 0 bridgehead atoms. The van der Waals surface area contributed by atoms with E-state index in [9.17, 15) is 4.39 Å². The summed E-state index contributed by atoms with van der Waals surface area (Å²) in [6.07, 6.45) is 5.27.